The van der Waals surface area contributed by atoms with E-state index in [0.29, 0.717) is 4.90 Å². The van der Waals surface area contributed by atoms with Gasteiger partial charge in [0, 0.05) is 19.5 Å². The third kappa shape index (κ3) is 4.48. The maximum Gasteiger partial charge on any atom is 0.175 e. The third-order valence-electron chi connectivity index (χ3n) is 3.43. The second-order valence-electron chi connectivity index (χ2n) is 5.04. The minimum absolute atomic E-state index is 0.370. The Morgan fingerprint density at radius 2 is 1.84 bits per heavy atom. The fourth-order valence-corrected chi connectivity index (χ4v) is 2.84. The second-order valence-corrected chi connectivity index (χ2v) is 7.05. The maximum atomic E-state index is 11.3. The van der Waals surface area contributed by atoms with Gasteiger partial charge in [0.2, 0.25) is 0 Å². The van der Waals surface area contributed by atoms with E-state index in [0.717, 1.165) is 44.0 Å². The van der Waals surface area contributed by atoms with Crippen LogP contribution >= 0.6 is 0 Å². The lowest BCUT2D eigenvalue weighted by Gasteiger charge is -2.20. The van der Waals surface area contributed by atoms with Gasteiger partial charge < -0.3 is 4.74 Å². The molecule has 19 heavy (non-hydrogen) atoms. The second kappa shape index (κ2) is 6.35. The lowest BCUT2D eigenvalue weighted by molar-refractivity contribution is 0.0673. The molecule has 0 aromatic heterocycles. The molecular formula is C15H20O3S. The minimum Gasteiger partial charge on any atom is -0.381 e. The summed E-state index contributed by atoms with van der Waals surface area (Å²) in [5.74, 6) is 0.722. The molecule has 1 fully saturated rings. The van der Waals surface area contributed by atoms with Crippen LogP contribution in [-0.2, 0) is 14.6 Å². The Morgan fingerprint density at radius 3 is 2.42 bits per heavy atom. The van der Waals surface area contributed by atoms with E-state index in [-0.39, 0.29) is 0 Å². The van der Waals surface area contributed by atoms with Crippen LogP contribution in [0, 0.1) is 5.92 Å². The Morgan fingerprint density at radius 1 is 1.21 bits per heavy atom. The molecule has 0 saturated carbocycles. The monoisotopic (exact) mass is 280 g/mol. The van der Waals surface area contributed by atoms with Crippen LogP contribution in [0.2, 0.25) is 0 Å². The summed E-state index contributed by atoms with van der Waals surface area (Å²) in [6.07, 6.45) is 8.79. The number of rotatable bonds is 4. The van der Waals surface area contributed by atoms with Crippen molar-refractivity contribution in [3.8, 4) is 0 Å². The molecule has 0 aliphatic carbocycles. The van der Waals surface area contributed by atoms with Gasteiger partial charge in [0.05, 0.1) is 4.90 Å². The van der Waals surface area contributed by atoms with Gasteiger partial charge in [-0.1, -0.05) is 24.3 Å². The van der Waals surface area contributed by atoms with Crippen molar-refractivity contribution >= 4 is 15.9 Å². The zero-order valence-electron chi connectivity index (χ0n) is 11.2. The summed E-state index contributed by atoms with van der Waals surface area (Å²) in [6.45, 7) is 1.75. The summed E-state index contributed by atoms with van der Waals surface area (Å²) in [5.41, 5.74) is 1.04. The first-order valence-electron chi connectivity index (χ1n) is 6.60. The lowest BCUT2D eigenvalue weighted by Crippen LogP contribution is -2.14. The van der Waals surface area contributed by atoms with E-state index in [4.69, 9.17) is 4.74 Å². The van der Waals surface area contributed by atoms with Crippen LogP contribution in [0.15, 0.2) is 35.2 Å². The maximum absolute atomic E-state index is 11.3. The average Bonchev–Trinajstić information content (AvgIpc) is 2.39. The van der Waals surface area contributed by atoms with Gasteiger partial charge in [-0.25, -0.2) is 8.42 Å². The highest BCUT2D eigenvalue weighted by atomic mass is 32.2. The molecule has 1 saturated heterocycles. The zero-order chi connectivity index (χ0) is 13.7. The van der Waals surface area contributed by atoms with E-state index in [2.05, 4.69) is 12.2 Å². The van der Waals surface area contributed by atoms with Gasteiger partial charge in [0.25, 0.3) is 0 Å². The van der Waals surface area contributed by atoms with Crippen molar-refractivity contribution in [1.82, 2.24) is 0 Å². The van der Waals surface area contributed by atoms with E-state index in [9.17, 15) is 8.42 Å². The van der Waals surface area contributed by atoms with Crippen molar-refractivity contribution in [2.24, 2.45) is 5.92 Å². The highest BCUT2D eigenvalue weighted by Crippen LogP contribution is 2.19. The Bertz CT molecular complexity index is 523. The Kier molecular flexibility index (Phi) is 4.77. The SMILES string of the molecule is CS(=O)(=O)c1ccc(/C=C/CC2CCOCC2)cc1. The molecular weight excluding hydrogens is 260 g/mol. The summed E-state index contributed by atoms with van der Waals surface area (Å²) in [5, 5.41) is 0. The molecule has 1 heterocycles. The van der Waals surface area contributed by atoms with Crippen molar-refractivity contribution in [1.29, 1.82) is 0 Å². The van der Waals surface area contributed by atoms with Gasteiger partial charge in [-0.05, 0) is 42.9 Å². The molecule has 1 aromatic rings. The van der Waals surface area contributed by atoms with Crippen LogP contribution in [0.5, 0.6) is 0 Å². The van der Waals surface area contributed by atoms with Crippen LogP contribution in [0.1, 0.15) is 24.8 Å². The zero-order valence-corrected chi connectivity index (χ0v) is 12.0. The van der Waals surface area contributed by atoms with Gasteiger partial charge in [0.1, 0.15) is 0 Å². The first-order valence-corrected chi connectivity index (χ1v) is 8.49. The third-order valence-corrected chi connectivity index (χ3v) is 4.56. The van der Waals surface area contributed by atoms with Crippen molar-refractivity contribution in [2.45, 2.75) is 24.2 Å². The van der Waals surface area contributed by atoms with E-state index >= 15 is 0 Å². The molecule has 1 aliphatic heterocycles. The van der Waals surface area contributed by atoms with Crippen LogP contribution in [0.3, 0.4) is 0 Å². The molecule has 0 spiro atoms. The van der Waals surface area contributed by atoms with Gasteiger partial charge in [-0.3, -0.25) is 0 Å². The number of hydrogen-bond donors (Lipinski definition) is 0. The summed E-state index contributed by atoms with van der Waals surface area (Å²) < 4.78 is 28.0. The average molecular weight is 280 g/mol. The van der Waals surface area contributed by atoms with Crippen LogP contribution in [-0.4, -0.2) is 27.9 Å². The van der Waals surface area contributed by atoms with Crippen LogP contribution in [0.4, 0.5) is 0 Å². The van der Waals surface area contributed by atoms with Crippen molar-refractivity contribution in [3.63, 3.8) is 0 Å². The number of hydrogen-bond acceptors (Lipinski definition) is 3. The number of sulfone groups is 1. The highest BCUT2D eigenvalue weighted by Gasteiger charge is 2.11. The fraction of sp³-hybridized carbons (Fsp3) is 0.467. The Hall–Kier alpha value is -1.13. The molecule has 3 nitrogen and oxygen atoms in total. The molecule has 0 atom stereocenters. The highest BCUT2D eigenvalue weighted by molar-refractivity contribution is 7.90. The Balaban J connectivity index is 1.92. The van der Waals surface area contributed by atoms with Crippen LogP contribution in [0.25, 0.3) is 6.08 Å². The standard InChI is InChI=1S/C15H20O3S/c1-19(16,17)15-7-5-13(6-8-15)3-2-4-14-9-11-18-12-10-14/h2-3,5-8,14H,4,9-12H2,1H3/b3-2+. The first kappa shape index (κ1) is 14.3. The molecule has 0 unspecified atom stereocenters. The number of allylic oxidation sites excluding steroid dienone is 1. The lowest BCUT2D eigenvalue weighted by atomic mass is 9.96. The van der Waals surface area contributed by atoms with Crippen molar-refractivity contribution in [3.05, 3.63) is 35.9 Å². The first-order chi connectivity index (χ1) is 9.05. The van der Waals surface area contributed by atoms with E-state index in [1.165, 1.54) is 6.26 Å². The molecule has 104 valence electrons. The van der Waals surface area contributed by atoms with Crippen molar-refractivity contribution < 1.29 is 13.2 Å². The van der Waals surface area contributed by atoms with E-state index in [1.54, 1.807) is 12.1 Å². The Labute approximate surface area is 115 Å². The molecule has 2 rings (SSSR count). The molecule has 4 heteroatoms. The van der Waals surface area contributed by atoms with E-state index < -0.39 is 9.84 Å². The summed E-state index contributed by atoms with van der Waals surface area (Å²) >= 11 is 0. The van der Waals surface area contributed by atoms with Crippen LogP contribution < -0.4 is 0 Å². The summed E-state index contributed by atoms with van der Waals surface area (Å²) in [4.78, 5) is 0.370. The smallest absolute Gasteiger partial charge is 0.175 e. The molecule has 1 aliphatic rings. The molecule has 0 bridgehead atoms. The van der Waals surface area contributed by atoms with Crippen molar-refractivity contribution in [2.75, 3.05) is 19.5 Å². The molecule has 1 aromatic carbocycles. The van der Waals surface area contributed by atoms with Gasteiger partial charge >= 0.3 is 0 Å². The minimum atomic E-state index is -3.10. The summed E-state index contributed by atoms with van der Waals surface area (Å²) in [7, 11) is -3.10. The van der Waals surface area contributed by atoms with E-state index in [1.807, 2.05) is 12.1 Å². The fourth-order valence-electron chi connectivity index (χ4n) is 2.20. The predicted octanol–water partition coefficient (Wildman–Crippen LogP) is 2.92. The molecule has 0 amide bonds. The quantitative estimate of drug-likeness (QED) is 0.851. The predicted molar refractivity (Wildman–Crippen MR) is 76.7 cm³/mol. The summed E-state index contributed by atoms with van der Waals surface area (Å²) in [6, 6.07) is 7.00. The molecule has 0 radical (unpaired) electrons. The van der Waals surface area contributed by atoms with Gasteiger partial charge in [0.15, 0.2) is 9.84 Å². The number of ether oxygens (including phenoxy) is 1. The normalized spacial score (nSPS) is 17.9. The molecule has 0 N–H and O–H groups in total. The van der Waals surface area contributed by atoms with Gasteiger partial charge in [-0.15, -0.1) is 0 Å². The van der Waals surface area contributed by atoms with Gasteiger partial charge in [-0.2, -0.15) is 0 Å². The number of benzene rings is 1. The largest absolute Gasteiger partial charge is 0.381 e. The topological polar surface area (TPSA) is 43.4 Å².